The number of benzene rings is 2. The number of hydrogen-bond acceptors (Lipinski definition) is 6. The number of amides is 1. The average molecular weight is 415 g/mol. The second-order valence-corrected chi connectivity index (χ2v) is 7.42. The van der Waals surface area contributed by atoms with Crippen LogP contribution in [0.2, 0.25) is 0 Å². The third kappa shape index (κ3) is 4.37. The van der Waals surface area contributed by atoms with Crippen molar-refractivity contribution < 1.29 is 9.18 Å². The smallest absolute Gasteiger partial charge is 0.268 e. The zero-order chi connectivity index (χ0) is 20.9. The van der Waals surface area contributed by atoms with Gasteiger partial charge in [-0.1, -0.05) is 30.3 Å². The molecule has 2 aromatic heterocycles. The van der Waals surface area contributed by atoms with Crippen molar-refractivity contribution in [1.82, 2.24) is 15.0 Å². The topological polar surface area (TPSA) is 91.6 Å². The summed E-state index contributed by atoms with van der Waals surface area (Å²) in [7, 11) is 0. The number of hydrogen-bond donors (Lipinski definition) is 1. The van der Waals surface area contributed by atoms with Gasteiger partial charge >= 0.3 is 0 Å². The van der Waals surface area contributed by atoms with E-state index < -0.39 is 5.91 Å². The van der Waals surface area contributed by atoms with Gasteiger partial charge in [0.1, 0.15) is 17.5 Å². The van der Waals surface area contributed by atoms with Gasteiger partial charge in [0.2, 0.25) is 0 Å². The summed E-state index contributed by atoms with van der Waals surface area (Å²) in [6.07, 6.45) is 4.83. The fourth-order valence-corrected chi connectivity index (χ4v) is 3.61. The zero-order valence-electron chi connectivity index (χ0n) is 15.5. The van der Waals surface area contributed by atoms with E-state index in [2.05, 4.69) is 20.3 Å². The molecule has 0 saturated carbocycles. The molecule has 4 rings (SSSR count). The molecule has 4 aromatic rings. The first-order chi connectivity index (χ1) is 14.6. The molecule has 0 aliphatic carbocycles. The van der Waals surface area contributed by atoms with Crippen molar-refractivity contribution in [1.29, 1.82) is 5.26 Å². The van der Waals surface area contributed by atoms with Crippen molar-refractivity contribution in [2.45, 2.75) is 6.42 Å². The molecule has 2 heterocycles. The zero-order valence-corrected chi connectivity index (χ0v) is 16.4. The highest BCUT2D eigenvalue weighted by Gasteiger charge is 2.13. The van der Waals surface area contributed by atoms with Gasteiger partial charge in [0, 0.05) is 17.5 Å². The van der Waals surface area contributed by atoms with Gasteiger partial charge in [0.15, 0.2) is 5.13 Å². The average Bonchev–Trinajstić information content (AvgIpc) is 3.20. The van der Waals surface area contributed by atoms with Crippen molar-refractivity contribution in [3.63, 3.8) is 0 Å². The molecule has 8 heteroatoms. The minimum atomic E-state index is -0.598. The molecule has 1 amide bonds. The molecule has 0 fully saturated rings. The van der Waals surface area contributed by atoms with Crippen molar-refractivity contribution >= 4 is 39.5 Å². The molecule has 0 aliphatic heterocycles. The van der Waals surface area contributed by atoms with Gasteiger partial charge in [0.05, 0.1) is 22.9 Å². The fraction of sp³-hybridized carbons (Fsp3) is 0.0455. The first kappa shape index (κ1) is 19.4. The predicted molar refractivity (Wildman–Crippen MR) is 113 cm³/mol. The number of nitrogens with one attached hydrogen (secondary N) is 1. The number of carbonyl (C=O) groups is 1. The number of carbonyl (C=O) groups excluding carboxylic acids is 1. The number of halogens is 1. The van der Waals surface area contributed by atoms with Crippen LogP contribution >= 0.6 is 11.3 Å². The summed E-state index contributed by atoms with van der Waals surface area (Å²) in [5.41, 5.74) is 2.22. The van der Waals surface area contributed by atoms with E-state index in [9.17, 15) is 14.4 Å². The van der Waals surface area contributed by atoms with E-state index in [0.29, 0.717) is 28.3 Å². The largest absolute Gasteiger partial charge is 0.297 e. The number of anilines is 1. The van der Waals surface area contributed by atoms with E-state index in [1.54, 1.807) is 30.5 Å². The maximum absolute atomic E-state index is 13.8. The molecule has 2 aromatic carbocycles. The van der Waals surface area contributed by atoms with Crippen molar-refractivity contribution in [2.24, 2.45) is 0 Å². The maximum Gasteiger partial charge on any atom is 0.268 e. The molecule has 6 nitrogen and oxygen atoms in total. The third-order valence-electron chi connectivity index (χ3n) is 4.22. The number of para-hydroxylation sites is 2. The summed E-state index contributed by atoms with van der Waals surface area (Å²) >= 11 is 1.23. The summed E-state index contributed by atoms with van der Waals surface area (Å²) in [6.45, 7) is 0. The van der Waals surface area contributed by atoms with Crippen LogP contribution in [0.3, 0.4) is 0 Å². The van der Waals surface area contributed by atoms with Gasteiger partial charge in [-0.15, -0.1) is 11.3 Å². The SMILES string of the molecule is N#CC(=Cc1cnc2ccccc2n1)C(=O)Nc1ncc(Cc2ccccc2F)s1. The van der Waals surface area contributed by atoms with Gasteiger partial charge in [-0.25, -0.2) is 14.4 Å². The highest BCUT2D eigenvalue weighted by atomic mass is 32.1. The Balaban J connectivity index is 1.49. The van der Waals surface area contributed by atoms with Crippen LogP contribution < -0.4 is 5.32 Å². The van der Waals surface area contributed by atoms with Gasteiger partial charge < -0.3 is 0 Å². The highest BCUT2D eigenvalue weighted by molar-refractivity contribution is 7.15. The Morgan fingerprint density at radius 1 is 1.10 bits per heavy atom. The Hall–Kier alpha value is -3.96. The molecule has 30 heavy (non-hydrogen) atoms. The van der Waals surface area contributed by atoms with Crippen LogP contribution in [0, 0.1) is 17.1 Å². The number of thiazole rings is 1. The molecule has 146 valence electrons. The maximum atomic E-state index is 13.8. The number of rotatable bonds is 5. The van der Waals surface area contributed by atoms with Crippen molar-refractivity contribution in [3.05, 3.63) is 88.4 Å². The van der Waals surface area contributed by atoms with Gasteiger partial charge in [-0.05, 0) is 29.8 Å². The van der Waals surface area contributed by atoms with Crippen molar-refractivity contribution in [2.75, 3.05) is 5.32 Å². The standard InChI is InChI=1S/C22H14FN5OS/c23-18-6-2-1-5-14(18)10-17-13-26-22(30-17)28-21(29)15(11-24)9-16-12-25-19-7-3-4-8-20(19)27-16/h1-9,12-13H,10H2,(H,26,28,29). The second-order valence-electron chi connectivity index (χ2n) is 6.31. The lowest BCUT2D eigenvalue weighted by molar-refractivity contribution is -0.112. The molecule has 0 radical (unpaired) electrons. The molecular weight excluding hydrogens is 401 g/mol. The normalized spacial score (nSPS) is 11.3. The second kappa shape index (κ2) is 8.59. The summed E-state index contributed by atoms with van der Waals surface area (Å²) in [5, 5.41) is 12.3. The van der Waals surface area contributed by atoms with Crippen LogP contribution in [0.25, 0.3) is 17.1 Å². The molecular formula is C22H14FN5OS. The number of aromatic nitrogens is 3. The fourth-order valence-electron chi connectivity index (χ4n) is 2.78. The summed E-state index contributed by atoms with van der Waals surface area (Å²) in [6, 6.07) is 15.7. The van der Waals surface area contributed by atoms with Crippen LogP contribution in [0.1, 0.15) is 16.1 Å². The third-order valence-corrected chi connectivity index (χ3v) is 5.13. The summed E-state index contributed by atoms with van der Waals surface area (Å²) < 4.78 is 13.8. The number of fused-ring (bicyclic) bond motifs is 1. The van der Waals surface area contributed by atoms with Crippen LogP contribution in [0.4, 0.5) is 9.52 Å². The lowest BCUT2D eigenvalue weighted by atomic mass is 10.1. The molecule has 1 N–H and O–H groups in total. The first-order valence-corrected chi connectivity index (χ1v) is 9.77. The van der Waals surface area contributed by atoms with Crippen LogP contribution in [-0.2, 0) is 11.2 Å². The predicted octanol–water partition coefficient (Wildman–Crippen LogP) is 4.36. The molecule has 0 bridgehead atoms. The minimum absolute atomic E-state index is 0.120. The Labute approximate surface area is 175 Å². The van der Waals surface area contributed by atoms with Gasteiger partial charge in [0.25, 0.3) is 5.91 Å². The minimum Gasteiger partial charge on any atom is -0.297 e. The van der Waals surface area contributed by atoms with Gasteiger partial charge in [-0.3, -0.25) is 15.1 Å². The monoisotopic (exact) mass is 415 g/mol. The number of nitriles is 1. The van der Waals surface area contributed by atoms with Crippen LogP contribution in [0.15, 0.2) is 66.5 Å². The molecule has 0 atom stereocenters. The Kier molecular flexibility index (Phi) is 5.54. The first-order valence-electron chi connectivity index (χ1n) is 8.95. The van der Waals surface area contributed by atoms with Crippen molar-refractivity contribution in [3.8, 4) is 6.07 Å². The molecule has 0 aliphatic rings. The Morgan fingerprint density at radius 2 is 1.87 bits per heavy atom. The lowest BCUT2D eigenvalue weighted by Crippen LogP contribution is -2.13. The van der Waals surface area contributed by atoms with Crippen LogP contribution in [0.5, 0.6) is 0 Å². The van der Waals surface area contributed by atoms with E-state index >= 15 is 0 Å². The van der Waals surface area contributed by atoms with E-state index in [0.717, 1.165) is 10.4 Å². The number of nitrogens with zero attached hydrogens (tertiary/aromatic N) is 4. The summed E-state index contributed by atoms with van der Waals surface area (Å²) in [4.78, 5) is 26.1. The quantitative estimate of drug-likeness (QED) is 0.386. The van der Waals surface area contributed by atoms with E-state index in [4.69, 9.17) is 0 Å². The molecule has 0 unspecified atom stereocenters. The Morgan fingerprint density at radius 3 is 2.67 bits per heavy atom. The Bertz CT molecular complexity index is 1310. The molecule has 0 saturated heterocycles. The molecule has 0 spiro atoms. The van der Waals surface area contributed by atoms with E-state index in [1.165, 1.54) is 29.7 Å². The highest BCUT2D eigenvalue weighted by Crippen LogP contribution is 2.23. The van der Waals surface area contributed by atoms with Gasteiger partial charge in [-0.2, -0.15) is 5.26 Å². The van der Waals surface area contributed by atoms with E-state index in [1.807, 2.05) is 24.3 Å². The summed E-state index contributed by atoms with van der Waals surface area (Å²) in [5.74, 6) is -0.887. The lowest BCUT2D eigenvalue weighted by Gasteiger charge is -2.01. The van der Waals surface area contributed by atoms with E-state index in [-0.39, 0.29) is 11.4 Å². The van der Waals surface area contributed by atoms with Crippen LogP contribution in [-0.4, -0.2) is 20.9 Å².